The van der Waals surface area contributed by atoms with Crippen molar-refractivity contribution in [2.24, 2.45) is 39.6 Å². The molecule has 4 aliphatic heterocycles. The third-order valence-corrected chi connectivity index (χ3v) is 12.6. The second-order valence-electron chi connectivity index (χ2n) is 17.4. The van der Waals surface area contributed by atoms with Crippen LogP contribution < -0.4 is 20.8 Å². The smallest absolute Gasteiger partial charge is 0.312 e. The van der Waals surface area contributed by atoms with Crippen LogP contribution in [0.3, 0.4) is 0 Å². The number of nitrogens with one attached hydrogen (secondary N) is 1. The van der Waals surface area contributed by atoms with Gasteiger partial charge in [-0.15, -0.1) is 0 Å². The number of fused-ring (bicyclic) bond motifs is 1. The number of allylic oxidation sites excluding steroid dienone is 2. The second kappa shape index (κ2) is 16.4. The Labute approximate surface area is 339 Å². The number of Topliss-reactive ketones (excluding diaryl/α,β-unsaturated/α-hetero) is 1. The summed E-state index contributed by atoms with van der Waals surface area (Å²) >= 11 is 0. The minimum atomic E-state index is -1.93. The Morgan fingerprint density at radius 3 is 2.17 bits per heavy atom. The molecule has 0 aromatic heterocycles. The molecule has 1 saturated heterocycles. The van der Waals surface area contributed by atoms with E-state index in [-0.39, 0.29) is 55.4 Å². The molecular formula is C44H60N4O10. The number of amides is 1. The molecule has 2 aromatic rings. The lowest BCUT2D eigenvalue weighted by Gasteiger charge is -2.36. The predicted molar refractivity (Wildman–Crippen MR) is 218 cm³/mol. The monoisotopic (exact) mass is 804 g/mol. The fourth-order valence-corrected chi connectivity index (χ4v) is 8.81. The minimum Gasteiger partial charge on any atom is -0.507 e. The number of carbonyl (C=O) groups excluding carboxylic acids is 2. The average molecular weight is 805 g/mol. The zero-order valence-corrected chi connectivity index (χ0v) is 35.2. The van der Waals surface area contributed by atoms with Gasteiger partial charge in [-0.25, -0.2) is 0 Å². The molecular weight excluding hydrogens is 745 g/mol. The molecule has 0 saturated carbocycles. The van der Waals surface area contributed by atoms with E-state index in [9.17, 15) is 35.1 Å². The van der Waals surface area contributed by atoms with E-state index in [0.29, 0.717) is 31.8 Å². The molecule has 14 heteroatoms. The summed E-state index contributed by atoms with van der Waals surface area (Å²) < 4.78 is 18.0. The molecule has 0 radical (unpaired) electrons. The number of methoxy groups -OCH3 is 1. The van der Waals surface area contributed by atoms with E-state index in [1.807, 2.05) is 0 Å². The highest BCUT2D eigenvalue weighted by atomic mass is 16.7. The number of nitrogens with zero attached hydrogens (tertiary/aromatic N) is 3. The SMILES string of the molecule is COC1/C=C/OC2(C)Oc3c(C)c(O)c4c(O)c(c5c(c4c3C2=O)=NC2(CCN(CC(C)C)CC2)N=5)NC(=O)/C(C)=C\C=C\C(C)C(O)C(C)C(O)C(C)C(O)C1C. The van der Waals surface area contributed by atoms with Gasteiger partial charge < -0.3 is 50.0 Å². The molecule has 4 heterocycles. The van der Waals surface area contributed by atoms with Crippen molar-refractivity contribution in [1.29, 1.82) is 0 Å². The van der Waals surface area contributed by atoms with Gasteiger partial charge in [0.25, 0.3) is 11.7 Å². The lowest BCUT2D eigenvalue weighted by atomic mass is 9.78. The molecule has 0 aliphatic carbocycles. The average Bonchev–Trinajstić information content (AvgIpc) is 3.69. The van der Waals surface area contributed by atoms with E-state index in [1.165, 1.54) is 20.3 Å². The number of ether oxygens (including phenoxy) is 3. The maximum Gasteiger partial charge on any atom is 0.312 e. The molecule has 4 aliphatic rings. The molecule has 9 unspecified atom stereocenters. The normalized spacial score (nSPS) is 33.9. The number of phenols is 2. The highest BCUT2D eigenvalue weighted by Gasteiger charge is 2.50. The Morgan fingerprint density at radius 2 is 1.53 bits per heavy atom. The fraction of sp³-hybridized carbons (Fsp3) is 0.591. The number of aromatic hydroxyl groups is 2. The number of carbonyl (C=O) groups is 2. The van der Waals surface area contributed by atoms with E-state index in [0.717, 1.165) is 6.54 Å². The van der Waals surface area contributed by atoms with Crippen molar-refractivity contribution in [2.75, 3.05) is 32.1 Å². The number of likely N-dealkylation sites (tertiary alicyclic amines) is 1. The second-order valence-corrected chi connectivity index (χ2v) is 17.4. The summed E-state index contributed by atoms with van der Waals surface area (Å²) in [5.41, 5.74) is -0.508. The minimum absolute atomic E-state index is 0.0467. The zero-order chi connectivity index (χ0) is 42.6. The van der Waals surface area contributed by atoms with Gasteiger partial charge in [-0.2, -0.15) is 0 Å². The molecule has 2 aromatic carbocycles. The Hall–Kier alpha value is -4.34. The number of hydrogen-bond acceptors (Lipinski definition) is 13. The van der Waals surface area contributed by atoms with Crippen molar-refractivity contribution in [1.82, 2.24) is 4.90 Å². The molecule has 1 amide bonds. The van der Waals surface area contributed by atoms with Crippen molar-refractivity contribution >= 4 is 28.2 Å². The number of piperidine rings is 1. The third kappa shape index (κ3) is 7.65. The van der Waals surface area contributed by atoms with Crippen LogP contribution in [0.5, 0.6) is 17.2 Å². The number of rotatable bonds is 3. The van der Waals surface area contributed by atoms with Crippen molar-refractivity contribution in [2.45, 2.75) is 111 Å². The van der Waals surface area contributed by atoms with Crippen molar-refractivity contribution in [3.05, 3.63) is 58.0 Å². The molecule has 1 spiro atoms. The number of aliphatic hydroxyl groups is 3. The number of anilines is 1. The molecule has 4 bridgehead atoms. The van der Waals surface area contributed by atoms with Crippen LogP contribution in [0, 0.1) is 36.5 Å². The summed E-state index contributed by atoms with van der Waals surface area (Å²) in [6.07, 6.45) is 4.98. The lowest BCUT2D eigenvalue weighted by molar-refractivity contribution is -0.112. The molecule has 58 heavy (non-hydrogen) atoms. The zero-order valence-electron chi connectivity index (χ0n) is 35.2. The van der Waals surface area contributed by atoms with Gasteiger partial charge in [-0.05, 0) is 25.8 Å². The quantitative estimate of drug-likeness (QED) is 0.243. The standard InChI is InChI=1S/C44H60N4O10/c1-21(2)20-48-17-15-44(16-18-48)46-32-29-30-38(52)27(8)40-31(29)41(54)43(9,58-40)57-19-14-28(56-10)24(5)36(50)26(7)37(51)25(6)35(49)22(3)12-11-13-23(4)42(55)45-34(39(30)53)33(32)47-44/h11-14,19,21-22,24-26,28,35-37,49-53H,15-18,20H2,1-10H3,(H,45,55)/b12-11+,19-14+,23-13-. The van der Waals surface area contributed by atoms with Crippen LogP contribution in [0.1, 0.15) is 84.2 Å². The first kappa shape index (κ1) is 43.2. The van der Waals surface area contributed by atoms with Gasteiger partial charge in [-0.3, -0.25) is 19.6 Å². The van der Waals surface area contributed by atoms with Crippen LogP contribution in [0.2, 0.25) is 0 Å². The summed E-state index contributed by atoms with van der Waals surface area (Å²) in [6.45, 7) is 18.2. The van der Waals surface area contributed by atoms with Gasteiger partial charge in [-0.1, -0.05) is 59.8 Å². The molecule has 14 nitrogen and oxygen atoms in total. The lowest BCUT2D eigenvalue weighted by Crippen LogP contribution is -2.44. The fourth-order valence-electron chi connectivity index (χ4n) is 8.81. The topological polar surface area (TPSA) is 203 Å². The van der Waals surface area contributed by atoms with Crippen LogP contribution in [-0.2, 0) is 14.3 Å². The van der Waals surface area contributed by atoms with Gasteiger partial charge in [0, 0.05) is 86.7 Å². The predicted octanol–water partition coefficient (Wildman–Crippen LogP) is 4.18. The van der Waals surface area contributed by atoms with Gasteiger partial charge in [0.1, 0.15) is 22.5 Å². The van der Waals surface area contributed by atoms with Gasteiger partial charge in [0.2, 0.25) is 0 Å². The highest BCUT2D eigenvalue weighted by Crippen LogP contribution is 2.50. The van der Waals surface area contributed by atoms with Crippen LogP contribution in [-0.4, -0.2) is 105 Å². The number of hydrogen-bond donors (Lipinski definition) is 6. The van der Waals surface area contributed by atoms with Crippen molar-refractivity contribution in [3.63, 3.8) is 0 Å². The summed E-state index contributed by atoms with van der Waals surface area (Å²) in [5, 5.41) is 61.1. The van der Waals surface area contributed by atoms with Crippen LogP contribution in [0.4, 0.5) is 5.69 Å². The maximum atomic E-state index is 14.6. The molecule has 9 atom stereocenters. The third-order valence-electron chi connectivity index (χ3n) is 12.6. The van der Waals surface area contributed by atoms with E-state index in [1.54, 1.807) is 65.8 Å². The first-order chi connectivity index (χ1) is 27.3. The Kier molecular flexibility index (Phi) is 12.2. The van der Waals surface area contributed by atoms with Gasteiger partial charge in [0.05, 0.1) is 47.0 Å². The van der Waals surface area contributed by atoms with Crippen LogP contribution in [0.15, 0.2) is 46.1 Å². The van der Waals surface area contributed by atoms with Crippen molar-refractivity contribution < 1.29 is 49.3 Å². The Balaban J connectivity index is 1.54. The summed E-state index contributed by atoms with van der Waals surface area (Å²) in [7, 11) is 1.47. The van der Waals surface area contributed by atoms with E-state index >= 15 is 0 Å². The van der Waals surface area contributed by atoms with Crippen LogP contribution >= 0.6 is 0 Å². The first-order valence-corrected chi connectivity index (χ1v) is 20.3. The first-order valence-electron chi connectivity index (χ1n) is 20.3. The highest BCUT2D eigenvalue weighted by molar-refractivity contribution is 6.19. The molecule has 1 fully saturated rings. The number of ketones is 1. The maximum absolute atomic E-state index is 14.6. The molecule has 316 valence electrons. The summed E-state index contributed by atoms with van der Waals surface area (Å²) in [6, 6.07) is 0. The largest absolute Gasteiger partial charge is 0.507 e. The Morgan fingerprint density at radius 1 is 0.914 bits per heavy atom. The number of benzene rings is 2. The Bertz CT molecular complexity index is 2170. The van der Waals surface area contributed by atoms with Gasteiger partial charge in [0.15, 0.2) is 11.4 Å². The number of phenolic OH excluding ortho intramolecular Hbond substituents is 2. The van der Waals surface area contributed by atoms with E-state index in [4.69, 9.17) is 24.2 Å². The van der Waals surface area contributed by atoms with E-state index in [2.05, 4.69) is 24.1 Å². The number of aliphatic hydroxyl groups excluding tert-OH is 3. The molecule has 6 rings (SSSR count). The van der Waals surface area contributed by atoms with Gasteiger partial charge >= 0.3 is 5.79 Å². The van der Waals surface area contributed by atoms with E-state index < -0.39 is 77.0 Å². The summed E-state index contributed by atoms with van der Waals surface area (Å²) in [4.78, 5) is 41.1. The summed E-state index contributed by atoms with van der Waals surface area (Å²) in [5.74, 6) is -5.71. The molecule has 6 N–H and O–H groups in total. The van der Waals surface area contributed by atoms with Crippen LogP contribution in [0.25, 0.3) is 10.8 Å². The van der Waals surface area contributed by atoms with Crippen molar-refractivity contribution in [3.8, 4) is 17.2 Å².